The molecule has 4 heterocycles. The summed E-state index contributed by atoms with van der Waals surface area (Å²) in [6, 6.07) is 0. The molecule has 1 saturated heterocycles. The van der Waals surface area contributed by atoms with Crippen LogP contribution in [0.3, 0.4) is 0 Å². The van der Waals surface area contributed by atoms with Crippen LogP contribution in [0.5, 0.6) is 0 Å². The first kappa shape index (κ1) is 18.5. The molecule has 0 radical (unpaired) electrons. The number of aliphatic hydroxyl groups is 3. The van der Waals surface area contributed by atoms with Crippen molar-refractivity contribution in [1.82, 2.24) is 34.9 Å². The van der Waals surface area contributed by atoms with Gasteiger partial charge in [0.1, 0.15) is 24.0 Å². The molecule has 1 aliphatic heterocycles. The zero-order valence-electron chi connectivity index (χ0n) is 14.1. The van der Waals surface area contributed by atoms with Crippen molar-refractivity contribution >= 4 is 17.0 Å². The molecule has 3 aromatic rings. The molecule has 0 spiro atoms. The quantitative estimate of drug-likeness (QED) is 0.344. The Labute approximate surface area is 155 Å². The molecule has 1 aliphatic rings. The first-order valence-corrected chi connectivity index (χ1v) is 8.24. The normalized spacial score (nSPS) is 25.1. The number of aromatic nitrogens is 7. The predicted octanol–water partition coefficient (Wildman–Crippen LogP) is -1.10. The number of halogens is 2. The van der Waals surface area contributed by atoms with Gasteiger partial charge in [-0.15, -0.1) is 0 Å². The zero-order valence-corrected chi connectivity index (χ0v) is 14.1. The molecule has 12 nitrogen and oxygen atoms in total. The minimum atomic E-state index is -2.62. The van der Waals surface area contributed by atoms with Crippen molar-refractivity contribution < 1.29 is 28.8 Å². The molecule has 1 fully saturated rings. The largest absolute Gasteiger partial charge is 0.394 e. The number of imidazole rings is 1. The van der Waals surface area contributed by atoms with Crippen LogP contribution in [-0.4, -0.2) is 88.1 Å². The molecule has 5 N–H and O–H groups in total. The number of fused-ring (bicyclic) bond motifs is 1. The molecule has 0 bridgehead atoms. The van der Waals surface area contributed by atoms with Gasteiger partial charge in [0.05, 0.1) is 25.7 Å². The van der Waals surface area contributed by atoms with Crippen LogP contribution in [0.1, 0.15) is 6.23 Å². The molecule has 0 unspecified atom stereocenters. The molecule has 14 heteroatoms. The molecule has 0 aromatic carbocycles. The van der Waals surface area contributed by atoms with E-state index in [-0.39, 0.29) is 28.5 Å². The van der Waals surface area contributed by atoms with Gasteiger partial charge in [-0.2, -0.15) is 15.4 Å². The molecule has 4 atom stereocenters. The third-order valence-corrected chi connectivity index (χ3v) is 4.28. The average Bonchev–Trinajstić information content (AvgIpc) is 3.40. The van der Waals surface area contributed by atoms with E-state index in [9.17, 15) is 24.1 Å². The number of aliphatic hydroxyl groups excluding tert-OH is 3. The summed E-state index contributed by atoms with van der Waals surface area (Å²) >= 11 is 0. The summed E-state index contributed by atoms with van der Waals surface area (Å²) in [6.45, 7) is -1.16. The fourth-order valence-electron chi connectivity index (χ4n) is 2.93. The molecule has 3 aromatic heterocycles. The van der Waals surface area contributed by atoms with E-state index in [2.05, 4.69) is 35.7 Å². The molecular weight excluding hydrogens is 382 g/mol. The third-order valence-electron chi connectivity index (χ3n) is 4.28. The Bertz CT molecular complexity index is 952. The topological polar surface area (TPSA) is 167 Å². The van der Waals surface area contributed by atoms with Crippen LogP contribution in [0.15, 0.2) is 12.5 Å². The Kier molecular flexibility index (Phi) is 4.84. The Morgan fingerprint density at radius 2 is 2.11 bits per heavy atom. The van der Waals surface area contributed by atoms with Gasteiger partial charge in [0.25, 0.3) is 6.43 Å². The standard InChI is InChI=1S/C14H16F2N8O4/c15-7(16)2-17-12-8-13(21-11(20-12)5-1-19-23-22-5)24(4-18-8)14-10(27)9(26)6(3-25)28-14/h1,4,6-7,9-10,14,25-27H,2-3H2,(H,17,20,21)(H,19,22,23)/t6-,9-,10-,14-/m1/s1. The Morgan fingerprint density at radius 1 is 1.29 bits per heavy atom. The maximum atomic E-state index is 12.7. The highest BCUT2D eigenvalue weighted by molar-refractivity contribution is 5.85. The number of H-pyrrole nitrogens is 1. The number of hydrogen-bond donors (Lipinski definition) is 5. The van der Waals surface area contributed by atoms with Gasteiger partial charge in [0.15, 0.2) is 29.0 Å². The first-order chi connectivity index (χ1) is 13.5. The van der Waals surface area contributed by atoms with Crippen molar-refractivity contribution in [3.63, 3.8) is 0 Å². The van der Waals surface area contributed by atoms with E-state index in [1.165, 1.54) is 17.1 Å². The average molecular weight is 398 g/mol. The Hall–Kier alpha value is -2.81. The van der Waals surface area contributed by atoms with Crippen LogP contribution >= 0.6 is 0 Å². The van der Waals surface area contributed by atoms with Crippen molar-refractivity contribution in [2.75, 3.05) is 18.5 Å². The van der Waals surface area contributed by atoms with E-state index < -0.39 is 44.1 Å². The van der Waals surface area contributed by atoms with Crippen LogP contribution in [0.4, 0.5) is 14.6 Å². The van der Waals surface area contributed by atoms with E-state index in [0.717, 1.165) is 0 Å². The predicted molar refractivity (Wildman–Crippen MR) is 88.2 cm³/mol. The highest BCUT2D eigenvalue weighted by Gasteiger charge is 2.44. The van der Waals surface area contributed by atoms with Crippen LogP contribution in [-0.2, 0) is 4.74 Å². The van der Waals surface area contributed by atoms with Gasteiger partial charge in [0, 0.05) is 0 Å². The number of rotatable bonds is 6. The molecular formula is C14H16F2N8O4. The van der Waals surface area contributed by atoms with E-state index in [0.29, 0.717) is 0 Å². The van der Waals surface area contributed by atoms with E-state index in [1.807, 2.05) is 0 Å². The van der Waals surface area contributed by atoms with Gasteiger partial charge in [-0.3, -0.25) is 4.57 Å². The van der Waals surface area contributed by atoms with Crippen LogP contribution in [0.2, 0.25) is 0 Å². The smallest absolute Gasteiger partial charge is 0.255 e. The number of hydrogen-bond acceptors (Lipinski definition) is 10. The molecule has 28 heavy (non-hydrogen) atoms. The summed E-state index contributed by atoms with van der Waals surface area (Å²) in [5, 5.41) is 42.0. The molecule has 0 saturated carbocycles. The number of nitrogens with one attached hydrogen (secondary N) is 2. The van der Waals surface area contributed by atoms with Crippen molar-refractivity contribution in [2.45, 2.75) is 31.0 Å². The molecule has 4 rings (SSSR count). The lowest BCUT2D eigenvalue weighted by Crippen LogP contribution is -2.33. The number of nitrogens with zero attached hydrogens (tertiary/aromatic N) is 6. The van der Waals surface area contributed by atoms with Gasteiger partial charge >= 0.3 is 0 Å². The van der Waals surface area contributed by atoms with Crippen molar-refractivity contribution in [1.29, 1.82) is 0 Å². The highest BCUT2D eigenvalue weighted by Crippen LogP contribution is 2.33. The minimum absolute atomic E-state index is 0.0359. The molecule has 150 valence electrons. The third kappa shape index (κ3) is 3.15. The van der Waals surface area contributed by atoms with Crippen molar-refractivity contribution in [3.8, 4) is 11.5 Å². The van der Waals surface area contributed by atoms with Gasteiger partial charge < -0.3 is 25.4 Å². The lowest BCUT2D eigenvalue weighted by atomic mass is 10.1. The molecule has 0 aliphatic carbocycles. The van der Waals surface area contributed by atoms with Crippen LogP contribution < -0.4 is 5.32 Å². The Balaban J connectivity index is 1.80. The number of alkyl halides is 2. The van der Waals surface area contributed by atoms with E-state index >= 15 is 0 Å². The van der Waals surface area contributed by atoms with Crippen molar-refractivity contribution in [2.24, 2.45) is 0 Å². The number of anilines is 1. The number of ether oxygens (including phenoxy) is 1. The van der Waals surface area contributed by atoms with Crippen LogP contribution in [0, 0.1) is 0 Å². The van der Waals surface area contributed by atoms with E-state index in [1.54, 1.807) is 0 Å². The minimum Gasteiger partial charge on any atom is -0.394 e. The van der Waals surface area contributed by atoms with E-state index in [4.69, 9.17) is 4.74 Å². The first-order valence-electron chi connectivity index (χ1n) is 8.24. The summed E-state index contributed by atoms with van der Waals surface area (Å²) in [5.74, 6) is 0.111. The van der Waals surface area contributed by atoms with Gasteiger partial charge in [-0.05, 0) is 0 Å². The Morgan fingerprint density at radius 3 is 2.75 bits per heavy atom. The van der Waals surface area contributed by atoms with Gasteiger partial charge in [-0.1, -0.05) is 0 Å². The second-order valence-corrected chi connectivity index (χ2v) is 6.08. The summed E-state index contributed by atoms with van der Waals surface area (Å²) in [6.07, 6.45) is -4.77. The lowest BCUT2D eigenvalue weighted by Gasteiger charge is -2.17. The van der Waals surface area contributed by atoms with Crippen LogP contribution in [0.25, 0.3) is 22.7 Å². The molecule has 0 amide bonds. The monoisotopic (exact) mass is 398 g/mol. The lowest BCUT2D eigenvalue weighted by molar-refractivity contribution is -0.0511. The summed E-state index contributed by atoms with van der Waals surface area (Å²) in [5.41, 5.74) is 0.571. The second kappa shape index (κ2) is 7.31. The maximum Gasteiger partial charge on any atom is 0.255 e. The summed E-state index contributed by atoms with van der Waals surface area (Å²) in [7, 11) is 0. The summed E-state index contributed by atoms with van der Waals surface area (Å²) < 4.78 is 32.1. The number of aromatic amines is 1. The fraction of sp³-hybridized carbons (Fsp3) is 0.500. The SMILES string of the molecule is OC[C@H]1O[C@@H](n2cnc3c(NCC(F)F)nc(-c4cn[nH]n4)nc32)[C@H](O)[C@@H]1O. The van der Waals surface area contributed by atoms with Gasteiger partial charge in [0.2, 0.25) is 0 Å². The second-order valence-electron chi connectivity index (χ2n) is 6.08. The fourth-order valence-corrected chi connectivity index (χ4v) is 2.93. The highest BCUT2D eigenvalue weighted by atomic mass is 19.3. The maximum absolute atomic E-state index is 12.7. The van der Waals surface area contributed by atoms with Gasteiger partial charge in [-0.25, -0.2) is 23.7 Å². The summed E-state index contributed by atoms with van der Waals surface area (Å²) in [4.78, 5) is 12.6. The van der Waals surface area contributed by atoms with Crippen molar-refractivity contribution in [3.05, 3.63) is 12.5 Å². The zero-order chi connectivity index (χ0) is 19.8.